The molecule has 0 aliphatic carbocycles. The van der Waals surface area contributed by atoms with Crippen LogP contribution in [0.1, 0.15) is 18.5 Å². The highest BCUT2D eigenvalue weighted by Crippen LogP contribution is 2.30. The Kier molecular flexibility index (Phi) is 5.54. The topological polar surface area (TPSA) is 126 Å². The fraction of sp³-hybridized carbons (Fsp3) is 0.259. The molecular formula is C27H26N10O. The molecule has 190 valence electrons. The smallest absolute Gasteiger partial charge is 0.181 e. The molecule has 11 heteroatoms. The van der Waals surface area contributed by atoms with E-state index in [1.807, 2.05) is 42.1 Å². The molecule has 0 amide bonds. The summed E-state index contributed by atoms with van der Waals surface area (Å²) < 4.78 is 7.96. The minimum atomic E-state index is 0.605. The van der Waals surface area contributed by atoms with Crippen LogP contribution in [0.5, 0.6) is 5.75 Å². The zero-order valence-corrected chi connectivity index (χ0v) is 20.9. The molecule has 6 aromatic rings. The van der Waals surface area contributed by atoms with Crippen LogP contribution in [0.25, 0.3) is 50.5 Å². The lowest BCUT2D eigenvalue weighted by atomic mass is 10.1. The molecule has 0 aromatic carbocycles. The van der Waals surface area contributed by atoms with Crippen LogP contribution < -0.4 is 4.74 Å². The molecule has 1 saturated heterocycles. The Bertz CT molecular complexity index is 1740. The Morgan fingerprint density at radius 1 is 1.00 bits per heavy atom. The molecule has 0 unspecified atom stereocenters. The van der Waals surface area contributed by atoms with Gasteiger partial charge in [0, 0.05) is 42.5 Å². The second kappa shape index (κ2) is 9.34. The highest BCUT2D eigenvalue weighted by molar-refractivity contribution is 5.94. The number of nitrogens with one attached hydrogen (secondary N) is 2. The monoisotopic (exact) mass is 506 g/mol. The molecule has 1 fully saturated rings. The number of hydrogen-bond donors (Lipinski definition) is 2. The summed E-state index contributed by atoms with van der Waals surface area (Å²) in [4.78, 5) is 28.4. The van der Waals surface area contributed by atoms with Crippen LogP contribution in [0.3, 0.4) is 0 Å². The van der Waals surface area contributed by atoms with Crippen molar-refractivity contribution in [2.24, 2.45) is 0 Å². The SMILES string of the molecule is Cc1cn(-c2ccnc3nc(-c4[nH]nc5ncc(-c6cncc(OCCN7CCCC7)c6)cc45)[nH]c23)cn1. The van der Waals surface area contributed by atoms with E-state index in [1.165, 1.54) is 12.8 Å². The lowest BCUT2D eigenvalue weighted by Gasteiger charge is -2.15. The van der Waals surface area contributed by atoms with E-state index >= 15 is 0 Å². The Morgan fingerprint density at radius 3 is 2.76 bits per heavy atom. The molecule has 7 rings (SSSR count). The van der Waals surface area contributed by atoms with Crippen molar-refractivity contribution in [1.29, 1.82) is 0 Å². The maximum Gasteiger partial charge on any atom is 0.181 e. The molecule has 0 bridgehead atoms. The molecule has 0 atom stereocenters. The van der Waals surface area contributed by atoms with E-state index < -0.39 is 0 Å². The normalized spacial score (nSPS) is 14.1. The molecule has 2 N–H and O–H groups in total. The molecule has 0 spiro atoms. The number of aryl methyl sites for hydroxylation is 1. The second-order valence-electron chi connectivity index (χ2n) is 9.54. The Hall–Kier alpha value is -4.64. The van der Waals surface area contributed by atoms with E-state index in [1.54, 1.807) is 24.9 Å². The van der Waals surface area contributed by atoms with Gasteiger partial charge < -0.3 is 14.3 Å². The highest BCUT2D eigenvalue weighted by atomic mass is 16.5. The van der Waals surface area contributed by atoms with Gasteiger partial charge in [0.2, 0.25) is 0 Å². The quantitative estimate of drug-likeness (QED) is 0.334. The molecule has 7 heterocycles. The third-order valence-electron chi connectivity index (χ3n) is 6.93. The van der Waals surface area contributed by atoms with Gasteiger partial charge >= 0.3 is 0 Å². The summed E-state index contributed by atoms with van der Waals surface area (Å²) in [7, 11) is 0. The van der Waals surface area contributed by atoms with E-state index in [0.29, 0.717) is 23.7 Å². The third-order valence-corrected chi connectivity index (χ3v) is 6.93. The van der Waals surface area contributed by atoms with Gasteiger partial charge in [-0.15, -0.1) is 0 Å². The number of likely N-dealkylation sites (tertiary alicyclic amines) is 1. The van der Waals surface area contributed by atoms with Crippen LogP contribution in [0, 0.1) is 6.92 Å². The largest absolute Gasteiger partial charge is 0.491 e. The Morgan fingerprint density at radius 2 is 1.89 bits per heavy atom. The van der Waals surface area contributed by atoms with Crippen molar-refractivity contribution in [3.05, 3.63) is 61.2 Å². The first-order chi connectivity index (χ1) is 18.7. The van der Waals surface area contributed by atoms with Gasteiger partial charge in [-0.05, 0) is 51.1 Å². The number of imidazole rings is 2. The van der Waals surface area contributed by atoms with Gasteiger partial charge in [-0.2, -0.15) is 5.10 Å². The fourth-order valence-electron chi connectivity index (χ4n) is 4.98. The zero-order valence-electron chi connectivity index (χ0n) is 20.9. The summed E-state index contributed by atoms with van der Waals surface area (Å²) in [5, 5.41) is 8.35. The third kappa shape index (κ3) is 4.16. The number of nitrogens with zero attached hydrogens (tertiary/aromatic N) is 8. The van der Waals surface area contributed by atoms with Crippen molar-refractivity contribution in [1.82, 2.24) is 49.6 Å². The van der Waals surface area contributed by atoms with E-state index in [9.17, 15) is 0 Å². The molecule has 38 heavy (non-hydrogen) atoms. The van der Waals surface area contributed by atoms with Crippen LogP contribution in [0.4, 0.5) is 0 Å². The van der Waals surface area contributed by atoms with Crippen molar-refractivity contribution < 1.29 is 4.74 Å². The van der Waals surface area contributed by atoms with Crippen molar-refractivity contribution in [2.45, 2.75) is 19.8 Å². The van der Waals surface area contributed by atoms with Crippen molar-refractivity contribution in [2.75, 3.05) is 26.2 Å². The fourth-order valence-corrected chi connectivity index (χ4v) is 4.98. The van der Waals surface area contributed by atoms with E-state index in [0.717, 1.165) is 64.5 Å². The first-order valence-corrected chi connectivity index (χ1v) is 12.7. The second-order valence-corrected chi connectivity index (χ2v) is 9.54. The van der Waals surface area contributed by atoms with E-state index in [4.69, 9.17) is 9.72 Å². The van der Waals surface area contributed by atoms with E-state index in [-0.39, 0.29) is 0 Å². The Balaban J connectivity index is 1.20. The van der Waals surface area contributed by atoms with Gasteiger partial charge in [0.05, 0.1) is 29.3 Å². The first kappa shape index (κ1) is 22.5. The standard InChI is InChI=1S/C27H26N10O/c1-17-15-37(16-31-17)22-4-5-29-26-24(22)32-27(33-26)23-21-11-19(13-30-25(21)35-34-23)18-10-20(14-28-12-18)38-9-8-36-6-2-3-7-36/h4-5,10-16H,2-3,6-9H2,1H3,(H,29,32,33)(H,30,34,35). The van der Waals surface area contributed by atoms with Gasteiger partial charge in [-0.1, -0.05) is 0 Å². The number of pyridine rings is 3. The van der Waals surface area contributed by atoms with Gasteiger partial charge in [-0.3, -0.25) is 15.0 Å². The molecule has 0 saturated carbocycles. The van der Waals surface area contributed by atoms with Gasteiger partial charge in [-0.25, -0.2) is 19.9 Å². The van der Waals surface area contributed by atoms with Crippen molar-refractivity contribution >= 4 is 22.2 Å². The van der Waals surface area contributed by atoms with Crippen LogP contribution >= 0.6 is 0 Å². The summed E-state index contributed by atoms with van der Waals surface area (Å²) in [6, 6.07) is 5.99. The van der Waals surface area contributed by atoms with Crippen molar-refractivity contribution in [3.8, 4) is 34.1 Å². The van der Waals surface area contributed by atoms with Crippen molar-refractivity contribution in [3.63, 3.8) is 0 Å². The number of H-pyrrole nitrogens is 2. The summed E-state index contributed by atoms with van der Waals surface area (Å²) >= 11 is 0. The van der Waals surface area contributed by atoms with Gasteiger partial charge in [0.1, 0.15) is 23.6 Å². The average molecular weight is 507 g/mol. The molecular weight excluding hydrogens is 480 g/mol. The number of ether oxygens (including phenoxy) is 1. The van der Waals surface area contributed by atoms with Crippen LogP contribution in [0.15, 0.2) is 55.5 Å². The number of fused-ring (bicyclic) bond motifs is 2. The zero-order chi connectivity index (χ0) is 25.5. The lowest BCUT2D eigenvalue weighted by molar-refractivity contribution is 0.237. The van der Waals surface area contributed by atoms with Crippen LogP contribution in [-0.2, 0) is 0 Å². The van der Waals surface area contributed by atoms with Crippen LogP contribution in [-0.4, -0.2) is 75.8 Å². The Labute approximate surface area is 218 Å². The van der Waals surface area contributed by atoms with E-state index in [2.05, 4.69) is 40.0 Å². The number of aromatic nitrogens is 9. The summed E-state index contributed by atoms with van der Waals surface area (Å²) in [6.45, 7) is 5.86. The minimum absolute atomic E-state index is 0.605. The highest BCUT2D eigenvalue weighted by Gasteiger charge is 2.17. The van der Waals surface area contributed by atoms with Crippen LogP contribution in [0.2, 0.25) is 0 Å². The molecule has 1 aliphatic rings. The number of rotatable bonds is 7. The molecule has 0 radical (unpaired) electrons. The number of hydrogen-bond acceptors (Lipinski definition) is 8. The maximum atomic E-state index is 6.01. The summed E-state index contributed by atoms with van der Waals surface area (Å²) in [6.07, 6.45) is 13.4. The molecule has 11 nitrogen and oxygen atoms in total. The number of aromatic amines is 2. The van der Waals surface area contributed by atoms with Gasteiger partial charge in [0.25, 0.3) is 0 Å². The predicted molar refractivity (Wildman–Crippen MR) is 143 cm³/mol. The molecule has 1 aliphatic heterocycles. The lowest BCUT2D eigenvalue weighted by Crippen LogP contribution is -2.25. The maximum absolute atomic E-state index is 6.01. The van der Waals surface area contributed by atoms with Gasteiger partial charge in [0.15, 0.2) is 17.1 Å². The average Bonchev–Trinajstić information content (AvgIpc) is 3.74. The first-order valence-electron chi connectivity index (χ1n) is 12.7. The molecule has 6 aromatic heterocycles. The minimum Gasteiger partial charge on any atom is -0.491 e. The summed E-state index contributed by atoms with van der Waals surface area (Å²) in [5.41, 5.74) is 6.47. The summed E-state index contributed by atoms with van der Waals surface area (Å²) in [5.74, 6) is 1.38. The predicted octanol–water partition coefficient (Wildman–Crippen LogP) is 3.93.